The van der Waals surface area contributed by atoms with Gasteiger partial charge in [-0.1, -0.05) is 71.9 Å². The summed E-state index contributed by atoms with van der Waals surface area (Å²) in [5.41, 5.74) is 4.99. The first-order chi connectivity index (χ1) is 16.3. The molecular weight excluding hydrogens is 436 g/mol. The second kappa shape index (κ2) is 10.3. The molecule has 0 spiro atoms. The summed E-state index contributed by atoms with van der Waals surface area (Å²) >= 11 is 0. The Morgan fingerprint density at radius 2 is 1.49 bits per heavy atom. The van der Waals surface area contributed by atoms with Crippen LogP contribution in [0.1, 0.15) is 68.6 Å². The highest BCUT2D eigenvalue weighted by molar-refractivity contribution is 6.04. The third kappa shape index (κ3) is 6.95. The summed E-state index contributed by atoms with van der Waals surface area (Å²) in [5.74, 6) is 0.298. The maximum atomic E-state index is 12.6. The van der Waals surface area contributed by atoms with E-state index >= 15 is 0 Å². The maximum absolute atomic E-state index is 12.6. The predicted molar refractivity (Wildman–Crippen MR) is 144 cm³/mol. The van der Waals surface area contributed by atoms with Gasteiger partial charge < -0.3 is 15.4 Å². The highest BCUT2D eigenvalue weighted by atomic mass is 16.5. The number of benzene rings is 3. The minimum absolute atomic E-state index is 0.0283. The van der Waals surface area contributed by atoms with Gasteiger partial charge in [-0.25, -0.2) is 0 Å². The van der Waals surface area contributed by atoms with E-state index in [1.165, 1.54) is 5.56 Å². The molecule has 0 heterocycles. The summed E-state index contributed by atoms with van der Waals surface area (Å²) in [6.07, 6.45) is 0. The van der Waals surface area contributed by atoms with E-state index < -0.39 is 0 Å². The van der Waals surface area contributed by atoms with Gasteiger partial charge in [0.15, 0.2) is 6.61 Å². The molecule has 0 saturated heterocycles. The Labute approximate surface area is 208 Å². The van der Waals surface area contributed by atoms with Gasteiger partial charge in [0.05, 0.1) is 0 Å². The molecule has 3 rings (SSSR count). The molecule has 0 aliphatic rings. The standard InChI is InChI=1S/C30H36N2O3/c1-20-17-23(14-15-25(20)32-28(34)21-11-9-8-10-12-21)31-27(33)19-35-26-16-13-22(29(2,3)4)18-24(26)30(5,6)7/h8-18H,19H2,1-7H3,(H,31,33)(H,32,34). The van der Waals surface area contributed by atoms with E-state index in [1.807, 2.05) is 37.3 Å². The average molecular weight is 473 g/mol. The Bertz CT molecular complexity index is 1200. The Hall–Kier alpha value is -3.60. The smallest absolute Gasteiger partial charge is 0.262 e. The van der Waals surface area contributed by atoms with Gasteiger partial charge in [0.1, 0.15) is 5.75 Å². The van der Waals surface area contributed by atoms with Crippen molar-refractivity contribution in [3.05, 3.63) is 89.0 Å². The number of nitrogens with one attached hydrogen (secondary N) is 2. The molecule has 0 aromatic heterocycles. The van der Waals surface area contributed by atoms with Crippen LogP contribution in [0.15, 0.2) is 66.7 Å². The number of amides is 2. The van der Waals surface area contributed by atoms with E-state index in [2.05, 4.69) is 64.3 Å². The number of hydrogen-bond acceptors (Lipinski definition) is 3. The van der Waals surface area contributed by atoms with E-state index in [0.29, 0.717) is 16.9 Å². The van der Waals surface area contributed by atoms with Crippen molar-refractivity contribution in [2.24, 2.45) is 0 Å². The summed E-state index contributed by atoms with van der Waals surface area (Å²) < 4.78 is 5.95. The molecule has 0 atom stereocenters. The highest BCUT2D eigenvalue weighted by Crippen LogP contribution is 2.35. The van der Waals surface area contributed by atoms with Crippen molar-refractivity contribution in [1.82, 2.24) is 0 Å². The Balaban J connectivity index is 1.65. The topological polar surface area (TPSA) is 67.4 Å². The number of carbonyl (C=O) groups is 2. The van der Waals surface area contributed by atoms with Crippen LogP contribution in [0.3, 0.4) is 0 Å². The van der Waals surface area contributed by atoms with Gasteiger partial charge >= 0.3 is 0 Å². The molecule has 2 N–H and O–H groups in total. The largest absolute Gasteiger partial charge is 0.483 e. The summed E-state index contributed by atoms with van der Waals surface area (Å²) in [6.45, 7) is 14.8. The molecule has 0 unspecified atom stereocenters. The van der Waals surface area contributed by atoms with Crippen molar-refractivity contribution in [2.45, 2.75) is 59.3 Å². The molecule has 0 fully saturated rings. The van der Waals surface area contributed by atoms with Crippen LogP contribution in [0.5, 0.6) is 5.75 Å². The second-order valence-electron chi connectivity index (χ2n) is 10.9. The van der Waals surface area contributed by atoms with Crippen LogP contribution in [0.4, 0.5) is 11.4 Å². The average Bonchev–Trinajstić information content (AvgIpc) is 2.78. The van der Waals surface area contributed by atoms with Gasteiger partial charge in [-0.05, 0) is 70.8 Å². The number of ether oxygens (including phenoxy) is 1. The lowest BCUT2D eigenvalue weighted by atomic mass is 9.80. The Morgan fingerprint density at radius 3 is 2.09 bits per heavy atom. The lowest BCUT2D eigenvalue weighted by Crippen LogP contribution is -2.23. The molecule has 0 bridgehead atoms. The van der Waals surface area contributed by atoms with E-state index in [4.69, 9.17) is 4.74 Å². The van der Waals surface area contributed by atoms with Crippen molar-refractivity contribution in [2.75, 3.05) is 17.2 Å². The molecule has 3 aromatic rings. The van der Waals surface area contributed by atoms with Crippen molar-refractivity contribution in [3.8, 4) is 5.75 Å². The zero-order valence-corrected chi connectivity index (χ0v) is 21.8. The molecule has 3 aromatic carbocycles. The van der Waals surface area contributed by atoms with Crippen LogP contribution >= 0.6 is 0 Å². The third-order valence-electron chi connectivity index (χ3n) is 5.81. The minimum Gasteiger partial charge on any atom is -0.483 e. The second-order valence-corrected chi connectivity index (χ2v) is 10.9. The molecule has 0 radical (unpaired) electrons. The van der Waals surface area contributed by atoms with Crippen molar-refractivity contribution < 1.29 is 14.3 Å². The van der Waals surface area contributed by atoms with Gasteiger partial charge in [-0.2, -0.15) is 0 Å². The van der Waals surface area contributed by atoms with Crippen LogP contribution < -0.4 is 15.4 Å². The summed E-state index contributed by atoms with van der Waals surface area (Å²) in [5, 5.41) is 5.80. The molecule has 0 aliphatic carbocycles. The van der Waals surface area contributed by atoms with E-state index in [1.54, 1.807) is 24.3 Å². The number of carbonyl (C=O) groups excluding carboxylic acids is 2. The summed E-state index contributed by atoms with van der Waals surface area (Å²) in [7, 11) is 0. The van der Waals surface area contributed by atoms with Gasteiger partial charge in [0, 0.05) is 16.9 Å². The Morgan fingerprint density at radius 1 is 0.800 bits per heavy atom. The quantitative estimate of drug-likeness (QED) is 0.412. The summed E-state index contributed by atoms with van der Waals surface area (Å²) in [4.78, 5) is 25.1. The first-order valence-corrected chi connectivity index (χ1v) is 11.9. The van der Waals surface area contributed by atoms with E-state index in [-0.39, 0.29) is 29.3 Å². The SMILES string of the molecule is Cc1cc(NC(=O)COc2ccc(C(C)(C)C)cc2C(C)(C)C)ccc1NC(=O)c1ccccc1. The number of aryl methyl sites for hydroxylation is 1. The van der Waals surface area contributed by atoms with E-state index in [0.717, 1.165) is 16.9 Å². The lowest BCUT2D eigenvalue weighted by Gasteiger charge is -2.27. The zero-order chi connectivity index (χ0) is 25.8. The van der Waals surface area contributed by atoms with Gasteiger partial charge in [0.2, 0.25) is 0 Å². The predicted octanol–water partition coefficient (Wildman–Crippen LogP) is 6.86. The number of hydrogen-bond donors (Lipinski definition) is 2. The normalized spacial score (nSPS) is 11.6. The molecule has 0 saturated carbocycles. The Kier molecular flexibility index (Phi) is 7.69. The monoisotopic (exact) mass is 472 g/mol. The van der Waals surface area contributed by atoms with Crippen LogP contribution in [0, 0.1) is 6.92 Å². The van der Waals surface area contributed by atoms with Gasteiger partial charge in [-0.3, -0.25) is 9.59 Å². The first kappa shape index (κ1) is 26.0. The third-order valence-corrected chi connectivity index (χ3v) is 5.81. The van der Waals surface area contributed by atoms with Crippen LogP contribution in [0.25, 0.3) is 0 Å². The first-order valence-electron chi connectivity index (χ1n) is 11.9. The molecule has 35 heavy (non-hydrogen) atoms. The van der Waals surface area contributed by atoms with Crippen LogP contribution in [-0.4, -0.2) is 18.4 Å². The molecule has 5 heteroatoms. The molecule has 5 nitrogen and oxygen atoms in total. The van der Waals surface area contributed by atoms with Crippen molar-refractivity contribution in [3.63, 3.8) is 0 Å². The molecule has 2 amide bonds. The van der Waals surface area contributed by atoms with Crippen LogP contribution in [0.2, 0.25) is 0 Å². The maximum Gasteiger partial charge on any atom is 0.262 e. The van der Waals surface area contributed by atoms with Gasteiger partial charge in [-0.15, -0.1) is 0 Å². The fourth-order valence-corrected chi connectivity index (χ4v) is 3.71. The zero-order valence-electron chi connectivity index (χ0n) is 21.8. The lowest BCUT2D eigenvalue weighted by molar-refractivity contribution is -0.118. The molecule has 184 valence electrons. The number of rotatable bonds is 6. The molecular formula is C30H36N2O3. The number of anilines is 2. The van der Waals surface area contributed by atoms with Gasteiger partial charge in [0.25, 0.3) is 11.8 Å². The van der Waals surface area contributed by atoms with Crippen molar-refractivity contribution >= 4 is 23.2 Å². The van der Waals surface area contributed by atoms with Crippen LogP contribution in [-0.2, 0) is 15.6 Å². The fourth-order valence-electron chi connectivity index (χ4n) is 3.71. The molecule has 0 aliphatic heterocycles. The fraction of sp³-hybridized carbons (Fsp3) is 0.333. The van der Waals surface area contributed by atoms with Crippen molar-refractivity contribution in [1.29, 1.82) is 0 Å². The summed E-state index contributed by atoms with van der Waals surface area (Å²) in [6, 6.07) is 20.6. The van der Waals surface area contributed by atoms with E-state index in [9.17, 15) is 9.59 Å². The highest BCUT2D eigenvalue weighted by Gasteiger charge is 2.23. The minimum atomic E-state index is -0.245.